The Hall–Kier alpha value is -1.58. The monoisotopic (exact) mass is 358 g/mol. The lowest BCUT2D eigenvalue weighted by atomic mass is 9.92. The first-order valence-corrected chi connectivity index (χ1v) is 10.3. The largest absolute Gasteiger partial charge is 0.361 e. The maximum absolute atomic E-state index is 13.8. The number of fused-ring (bicyclic) bond motifs is 1. The minimum atomic E-state index is -0.188. The van der Waals surface area contributed by atoms with Gasteiger partial charge in [-0.15, -0.1) is 0 Å². The second-order valence-corrected chi connectivity index (χ2v) is 9.09. The summed E-state index contributed by atoms with van der Waals surface area (Å²) in [7, 11) is 0. The van der Waals surface area contributed by atoms with Gasteiger partial charge in [0.1, 0.15) is 5.82 Å². The number of hydrogen-bond acceptors (Lipinski definition) is 2. The van der Waals surface area contributed by atoms with Gasteiger partial charge in [-0.2, -0.15) is 0 Å². The van der Waals surface area contributed by atoms with E-state index in [4.69, 9.17) is 0 Å². The lowest BCUT2D eigenvalue weighted by Gasteiger charge is -2.42. The van der Waals surface area contributed by atoms with Crippen LogP contribution in [0.25, 0.3) is 0 Å². The second-order valence-electron chi connectivity index (χ2n) is 9.09. The van der Waals surface area contributed by atoms with Crippen molar-refractivity contribution in [2.24, 2.45) is 5.92 Å². The SMILES string of the molecule is CC1(C)C[C@H]2[C@H](CCCN2C(=O)CC2CCCC2)N1c1cccc(F)c1. The summed E-state index contributed by atoms with van der Waals surface area (Å²) in [5, 5.41) is 0. The van der Waals surface area contributed by atoms with Crippen LogP contribution in [-0.2, 0) is 4.79 Å². The van der Waals surface area contributed by atoms with Gasteiger partial charge in [-0.05, 0) is 70.1 Å². The Labute approximate surface area is 156 Å². The van der Waals surface area contributed by atoms with Crippen molar-refractivity contribution in [3.63, 3.8) is 0 Å². The molecule has 1 saturated carbocycles. The van der Waals surface area contributed by atoms with E-state index in [1.165, 1.54) is 31.7 Å². The number of amides is 1. The fourth-order valence-electron chi connectivity index (χ4n) is 5.70. The third-order valence-electron chi connectivity index (χ3n) is 6.78. The Balaban J connectivity index is 1.56. The first-order valence-electron chi connectivity index (χ1n) is 10.3. The molecule has 4 rings (SSSR count). The molecular formula is C22H31FN2O. The van der Waals surface area contributed by atoms with Crippen LogP contribution in [-0.4, -0.2) is 35.0 Å². The third-order valence-corrected chi connectivity index (χ3v) is 6.78. The maximum Gasteiger partial charge on any atom is 0.223 e. The summed E-state index contributed by atoms with van der Waals surface area (Å²) in [4.78, 5) is 17.6. The van der Waals surface area contributed by atoms with Gasteiger partial charge in [0.05, 0.1) is 12.1 Å². The first kappa shape index (κ1) is 17.8. The highest BCUT2D eigenvalue weighted by Gasteiger charge is 2.50. The summed E-state index contributed by atoms with van der Waals surface area (Å²) in [5.74, 6) is 0.756. The number of benzene rings is 1. The number of nitrogens with zero attached hydrogens (tertiary/aromatic N) is 2. The van der Waals surface area contributed by atoms with Gasteiger partial charge in [0.15, 0.2) is 0 Å². The number of rotatable bonds is 3. The molecule has 4 heteroatoms. The number of carbonyl (C=O) groups is 1. The molecular weight excluding hydrogens is 327 g/mol. The standard InChI is InChI=1S/C22H31FN2O/c1-22(2)15-20-19(25(22)18-10-5-9-17(23)14-18)11-6-12-24(20)21(26)13-16-7-3-4-8-16/h5,9-10,14,16,19-20H,3-4,6-8,11-13,15H2,1-2H3/t19-,20-/m0/s1. The number of carbonyl (C=O) groups excluding carboxylic acids is 1. The van der Waals surface area contributed by atoms with E-state index in [1.54, 1.807) is 12.1 Å². The normalized spacial score (nSPS) is 28.4. The van der Waals surface area contributed by atoms with Gasteiger partial charge in [0.2, 0.25) is 5.91 Å². The highest BCUT2D eigenvalue weighted by Crippen LogP contribution is 2.44. The van der Waals surface area contributed by atoms with Crippen LogP contribution >= 0.6 is 0 Å². The zero-order valence-electron chi connectivity index (χ0n) is 16.1. The second kappa shape index (κ2) is 6.86. The topological polar surface area (TPSA) is 23.6 Å². The molecule has 1 amide bonds. The van der Waals surface area contributed by atoms with Crippen LogP contribution < -0.4 is 4.90 Å². The Morgan fingerprint density at radius 3 is 2.65 bits per heavy atom. The molecule has 0 aromatic heterocycles. The zero-order valence-corrected chi connectivity index (χ0v) is 16.1. The number of anilines is 1. The van der Waals surface area contributed by atoms with E-state index in [1.807, 2.05) is 6.07 Å². The molecule has 2 saturated heterocycles. The molecule has 3 nitrogen and oxygen atoms in total. The fourth-order valence-corrected chi connectivity index (χ4v) is 5.70. The predicted octanol–water partition coefficient (Wildman–Crippen LogP) is 4.75. The quantitative estimate of drug-likeness (QED) is 0.778. The highest BCUT2D eigenvalue weighted by atomic mass is 19.1. The van der Waals surface area contributed by atoms with Gasteiger partial charge in [0, 0.05) is 24.2 Å². The molecule has 3 aliphatic rings. The average molecular weight is 359 g/mol. The minimum absolute atomic E-state index is 0.0701. The molecule has 2 aliphatic heterocycles. The van der Waals surface area contributed by atoms with Crippen molar-refractivity contribution in [1.82, 2.24) is 4.90 Å². The molecule has 26 heavy (non-hydrogen) atoms. The molecule has 0 bridgehead atoms. The molecule has 3 fully saturated rings. The summed E-state index contributed by atoms with van der Waals surface area (Å²) < 4.78 is 13.8. The molecule has 2 heterocycles. The van der Waals surface area contributed by atoms with Crippen molar-refractivity contribution in [3.05, 3.63) is 30.1 Å². The van der Waals surface area contributed by atoms with Crippen LogP contribution in [0, 0.1) is 11.7 Å². The van der Waals surface area contributed by atoms with E-state index in [0.717, 1.165) is 37.9 Å². The molecule has 0 unspecified atom stereocenters. The summed E-state index contributed by atoms with van der Waals surface area (Å²) in [5.41, 5.74) is 0.881. The lowest BCUT2D eigenvalue weighted by molar-refractivity contribution is -0.135. The Morgan fingerprint density at radius 1 is 1.15 bits per heavy atom. The van der Waals surface area contributed by atoms with E-state index < -0.39 is 0 Å². The van der Waals surface area contributed by atoms with E-state index in [9.17, 15) is 9.18 Å². The molecule has 0 radical (unpaired) electrons. The molecule has 0 spiro atoms. The van der Waals surface area contributed by atoms with Gasteiger partial charge < -0.3 is 9.80 Å². The van der Waals surface area contributed by atoms with Crippen LogP contribution in [0.5, 0.6) is 0 Å². The molecule has 1 aliphatic carbocycles. The highest BCUT2D eigenvalue weighted by molar-refractivity contribution is 5.77. The summed E-state index contributed by atoms with van der Waals surface area (Å²) >= 11 is 0. The Kier molecular flexibility index (Phi) is 4.70. The smallest absolute Gasteiger partial charge is 0.223 e. The number of piperidine rings is 1. The lowest BCUT2D eigenvalue weighted by Crippen LogP contribution is -2.53. The van der Waals surface area contributed by atoms with Crippen LogP contribution in [0.3, 0.4) is 0 Å². The number of hydrogen-bond donors (Lipinski definition) is 0. The van der Waals surface area contributed by atoms with E-state index >= 15 is 0 Å². The fraction of sp³-hybridized carbons (Fsp3) is 0.682. The van der Waals surface area contributed by atoms with Crippen molar-refractivity contribution in [1.29, 1.82) is 0 Å². The summed E-state index contributed by atoms with van der Waals surface area (Å²) in [6, 6.07) is 7.50. The van der Waals surface area contributed by atoms with Crippen LogP contribution in [0.4, 0.5) is 10.1 Å². The molecule has 0 N–H and O–H groups in total. The Bertz CT molecular complexity index is 668. The van der Waals surface area contributed by atoms with Crippen molar-refractivity contribution in [3.8, 4) is 0 Å². The number of likely N-dealkylation sites (tertiary alicyclic amines) is 1. The molecule has 1 aromatic rings. The molecule has 2 atom stereocenters. The van der Waals surface area contributed by atoms with Gasteiger partial charge in [-0.3, -0.25) is 4.79 Å². The van der Waals surface area contributed by atoms with E-state index in [0.29, 0.717) is 17.9 Å². The van der Waals surface area contributed by atoms with Gasteiger partial charge in [-0.1, -0.05) is 18.9 Å². The summed E-state index contributed by atoms with van der Waals surface area (Å²) in [6.45, 7) is 5.35. The van der Waals surface area contributed by atoms with E-state index in [-0.39, 0.29) is 17.4 Å². The molecule has 1 aromatic carbocycles. The zero-order chi connectivity index (χ0) is 18.3. The van der Waals surface area contributed by atoms with Crippen LogP contribution in [0.2, 0.25) is 0 Å². The van der Waals surface area contributed by atoms with Crippen LogP contribution in [0.15, 0.2) is 24.3 Å². The molecule has 142 valence electrons. The Morgan fingerprint density at radius 2 is 1.92 bits per heavy atom. The first-order chi connectivity index (χ1) is 12.5. The van der Waals surface area contributed by atoms with Crippen LogP contribution in [0.1, 0.15) is 65.2 Å². The van der Waals surface area contributed by atoms with Gasteiger partial charge in [-0.25, -0.2) is 4.39 Å². The van der Waals surface area contributed by atoms with Gasteiger partial charge >= 0.3 is 0 Å². The van der Waals surface area contributed by atoms with E-state index in [2.05, 4.69) is 23.6 Å². The predicted molar refractivity (Wildman–Crippen MR) is 103 cm³/mol. The van der Waals surface area contributed by atoms with Gasteiger partial charge in [0.25, 0.3) is 0 Å². The van der Waals surface area contributed by atoms with Crippen molar-refractivity contribution in [2.45, 2.75) is 82.8 Å². The van der Waals surface area contributed by atoms with Crippen molar-refractivity contribution >= 4 is 11.6 Å². The maximum atomic E-state index is 13.8. The number of halogens is 1. The average Bonchev–Trinajstić information content (AvgIpc) is 3.18. The third kappa shape index (κ3) is 3.23. The minimum Gasteiger partial charge on any atom is -0.361 e. The van der Waals surface area contributed by atoms with Crippen molar-refractivity contribution in [2.75, 3.05) is 11.4 Å². The van der Waals surface area contributed by atoms with Crippen molar-refractivity contribution < 1.29 is 9.18 Å². The summed E-state index contributed by atoms with van der Waals surface area (Å²) in [6.07, 6.45) is 8.81.